The summed E-state index contributed by atoms with van der Waals surface area (Å²) in [6, 6.07) is 11.7. The summed E-state index contributed by atoms with van der Waals surface area (Å²) in [5.74, 6) is -1.78. The Labute approximate surface area is 184 Å². The van der Waals surface area contributed by atoms with Gasteiger partial charge in [0.1, 0.15) is 0 Å². The molecule has 32 heavy (non-hydrogen) atoms. The van der Waals surface area contributed by atoms with Crippen LogP contribution < -0.4 is 0 Å². The fourth-order valence-electron chi connectivity index (χ4n) is 5.07. The van der Waals surface area contributed by atoms with E-state index in [-0.39, 0.29) is 23.6 Å². The van der Waals surface area contributed by atoms with Crippen LogP contribution >= 0.6 is 0 Å². The lowest BCUT2D eigenvalue weighted by Crippen LogP contribution is -2.41. The van der Waals surface area contributed by atoms with E-state index in [2.05, 4.69) is 26.9 Å². The monoisotopic (exact) mass is 434 g/mol. The molecule has 2 atom stereocenters. The lowest BCUT2D eigenvalue weighted by atomic mass is 9.85. The Bertz CT molecular complexity index is 1170. The average Bonchev–Trinajstić information content (AvgIpc) is 3.41. The second-order valence-electron chi connectivity index (χ2n) is 8.46. The highest BCUT2D eigenvalue weighted by atomic mass is 19.1. The predicted octanol–water partition coefficient (Wildman–Crippen LogP) is 4.38. The fourth-order valence-corrected chi connectivity index (χ4v) is 5.07. The van der Waals surface area contributed by atoms with Crippen LogP contribution in [0.15, 0.2) is 60.2 Å². The standard InChI is InChI=1S/C24H23FN4O3/c25-19-7-3-6-18(23(19)30)24(31)28-10-8-15(9-11-28)20(27-32)12-21-16-4-1-2-5-17(16)22-13-26-14-29(21)22/h1-7,13-15,20-21,30H,8-12H2. The normalized spacial score (nSPS) is 18.8. The summed E-state index contributed by atoms with van der Waals surface area (Å²) in [6.45, 7) is 0.867. The van der Waals surface area contributed by atoms with Crippen LogP contribution in [0.4, 0.5) is 4.39 Å². The van der Waals surface area contributed by atoms with Gasteiger partial charge in [0.15, 0.2) is 11.6 Å². The highest BCUT2D eigenvalue weighted by Crippen LogP contribution is 2.43. The van der Waals surface area contributed by atoms with E-state index in [1.54, 1.807) is 11.2 Å². The van der Waals surface area contributed by atoms with E-state index >= 15 is 0 Å². The van der Waals surface area contributed by atoms with Gasteiger partial charge in [0, 0.05) is 18.7 Å². The third-order valence-electron chi connectivity index (χ3n) is 6.79. The Morgan fingerprint density at radius 3 is 2.75 bits per heavy atom. The number of aromatic hydroxyl groups is 1. The minimum atomic E-state index is -0.813. The average molecular weight is 434 g/mol. The molecule has 0 aliphatic carbocycles. The molecule has 1 N–H and O–H groups in total. The smallest absolute Gasteiger partial charge is 0.257 e. The quantitative estimate of drug-likeness (QED) is 0.604. The molecule has 2 unspecified atom stereocenters. The van der Waals surface area contributed by atoms with Crippen molar-refractivity contribution >= 4 is 5.91 Å². The van der Waals surface area contributed by atoms with Crippen LogP contribution in [0.5, 0.6) is 5.75 Å². The summed E-state index contributed by atoms with van der Waals surface area (Å²) in [5, 5.41) is 13.4. The number of likely N-dealkylation sites (tertiary alicyclic amines) is 1. The first-order chi connectivity index (χ1) is 15.6. The van der Waals surface area contributed by atoms with Crippen LogP contribution in [-0.4, -0.2) is 44.6 Å². The number of nitrogens with zero attached hydrogens (tertiary/aromatic N) is 4. The second kappa shape index (κ2) is 8.18. The summed E-state index contributed by atoms with van der Waals surface area (Å²) >= 11 is 0. The van der Waals surface area contributed by atoms with Crippen LogP contribution in [0.3, 0.4) is 0 Å². The molecule has 1 amide bonds. The molecule has 164 valence electrons. The first-order valence-corrected chi connectivity index (χ1v) is 10.8. The fraction of sp³-hybridized carbons (Fsp3) is 0.333. The summed E-state index contributed by atoms with van der Waals surface area (Å²) in [5.41, 5.74) is 3.32. The number of hydrogen-bond donors (Lipinski definition) is 1. The van der Waals surface area contributed by atoms with Crippen molar-refractivity contribution in [2.75, 3.05) is 13.1 Å². The first-order valence-electron chi connectivity index (χ1n) is 10.8. The number of imidazole rings is 1. The molecule has 0 radical (unpaired) electrons. The molecule has 5 rings (SSSR count). The number of amides is 1. The minimum absolute atomic E-state index is 0.00954. The van der Waals surface area contributed by atoms with Gasteiger partial charge >= 0.3 is 0 Å². The van der Waals surface area contributed by atoms with Gasteiger partial charge in [0.2, 0.25) is 0 Å². The SMILES string of the molecule is O=NC(CC1c2ccccc2-c2cncn21)C1CCN(C(=O)c2cccc(F)c2O)CC1. The third-order valence-corrected chi connectivity index (χ3v) is 6.79. The van der Waals surface area contributed by atoms with Gasteiger partial charge in [0.05, 0.1) is 35.9 Å². The minimum Gasteiger partial charge on any atom is -0.504 e. The number of carbonyl (C=O) groups is 1. The molecule has 0 spiro atoms. The summed E-state index contributed by atoms with van der Waals surface area (Å²) in [7, 11) is 0. The lowest BCUT2D eigenvalue weighted by Gasteiger charge is -2.34. The molecule has 2 aliphatic rings. The Hall–Kier alpha value is -3.55. The number of aromatic nitrogens is 2. The summed E-state index contributed by atoms with van der Waals surface area (Å²) in [6.07, 6.45) is 5.47. The molecular formula is C24H23FN4O3. The van der Waals surface area contributed by atoms with Crippen molar-refractivity contribution in [3.8, 4) is 17.0 Å². The maximum atomic E-state index is 13.6. The number of carbonyl (C=O) groups excluding carboxylic acids is 1. The van der Waals surface area contributed by atoms with Crippen molar-refractivity contribution in [2.24, 2.45) is 11.1 Å². The van der Waals surface area contributed by atoms with Gasteiger partial charge in [-0.25, -0.2) is 9.37 Å². The Balaban J connectivity index is 1.28. The molecule has 2 aliphatic heterocycles. The molecule has 2 aromatic carbocycles. The first kappa shape index (κ1) is 20.4. The van der Waals surface area contributed by atoms with E-state index in [9.17, 15) is 19.2 Å². The lowest BCUT2D eigenvalue weighted by molar-refractivity contribution is 0.0671. The van der Waals surface area contributed by atoms with E-state index < -0.39 is 17.5 Å². The molecule has 1 aromatic heterocycles. The van der Waals surface area contributed by atoms with Gasteiger partial charge in [-0.1, -0.05) is 35.5 Å². The van der Waals surface area contributed by atoms with Crippen LogP contribution in [0.2, 0.25) is 0 Å². The van der Waals surface area contributed by atoms with Gasteiger partial charge in [-0.2, -0.15) is 4.91 Å². The zero-order valence-electron chi connectivity index (χ0n) is 17.4. The zero-order valence-corrected chi connectivity index (χ0v) is 17.4. The summed E-state index contributed by atoms with van der Waals surface area (Å²) in [4.78, 5) is 30.5. The molecule has 1 saturated heterocycles. The molecule has 3 heterocycles. The third kappa shape index (κ3) is 3.36. The number of phenolic OH excluding ortho intramolecular Hbond substituents is 1. The van der Waals surface area contributed by atoms with E-state index in [4.69, 9.17) is 0 Å². The second-order valence-corrected chi connectivity index (χ2v) is 8.46. The van der Waals surface area contributed by atoms with Crippen molar-refractivity contribution < 1.29 is 14.3 Å². The van der Waals surface area contributed by atoms with Crippen molar-refractivity contribution in [1.29, 1.82) is 0 Å². The number of halogens is 1. The van der Waals surface area contributed by atoms with E-state index in [1.165, 1.54) is 17.7 Å². The van der Waals surface area contributed by atoms with E-state index in [0.29, 0.717) is 32.4 Å². The predicted molar refractivity (Wildman–Crippen MR) is 117 cm³/mol. The largest absolute Gasteiger partial charge is 0.504 e. The molecule has 1 fully saturated rings. The number of hydrogen-bond acceptors (Lipinski definition) is 5. The number of para-hydroxylation sites is 1. The van der Waals surface area contributed by atoms with Crippen LogP contribution in [-0.2, 0) is 0 Å². The Morgan fingerprint density at radius 2 is 1.97 bits per heavy atom. The van der Waals surface area contributed by atoms with Gasteiger partial charge in [-0.05, 0) is 42.9 Å². The van der Waals surface area contributed by atoms with Crippen LogP contribution in [0, 0.1) is 16.6 Å². The van der Waals surface area contributed by atoms with Crippen LogP contribution in [0.1, 0.15) is 41.2 Å². The number of fused-ring (bicyclic) bond motifs is 3. The molecule has 0 bridgehead atoms. The number of piperidine rings is 1. The number of rotatable bonds is 5. The maximum absolute atomic E-state index is 13.6. The summed E-state index contributed by atoms with van der Waals surface area (Å²) < 4.78 is 15.7. The van der Waals surface area contributed by atoms with Crippen molar-refractivity contribution in [1.82, 2.24) is 14.5 Å². The molecule has 0 saturated carbocycles. The van der Waals surface area contributed by atoms with Crippen molar-refractivity contribution in [3.05, 3.63) is 76.8 Å². The van der Waals surface area contributed by atoms with Gasteiger partial charge in [0.25, 0.3) is 5.91 Å². The van der Waals surface area contributed by atoms with Gasteiger partial charge in [-0.3, -0.25) is 4.79 Å². The highest BCUT2D eigenvalue weighted by Gasteiger charge is 2.35. The molecule has 7 nitrogen and oxygen atoms in total. The van der Waals surface area contributed by atoms with Crippen molar-refractivity contribution in [3.63, 3.8) is 0 Å². The zero-order chi connectivity index (χ0) is 22.2. The van der Waals surface area contributed by atoms with E-state index in [1.807, 2.05) is 18.3 Å². The molecular weight excluding hydrogens is 411 g/mol. The molecule has 8 heteroatoms. The number of benzene rings is 2. The number of phenols is 1. The molecule has 3 aromatic rings. The Morgan fingerprint density at radius 1 is 1.19 bits per heavy atom. The van der Waals surface area contributed by atoms with Crippen molar-refractivity contribution in [2.45, 2.75) is 31.3 Å². The van der Waals surface area contributed by atoms with Gasteiger partial charge in [-0.15, -0.1) is 0 Å². The van der Waals surface area contributed by atoms with Gasteiger partial charge < -0.3 is 14.6 Å². The Kier molecular flexibility index (Phi) is 5.20. The highest BCUT2D eigenvalue weighted by molar-refractivity contribution is 5.96. The van der Waals surface area contributed by atoms with Crippen LogP contribution in [0.25, 0.3) is 11.3 Å². The van der Waals surface area contributed by atoms with E-state index in [0.717, 1.165) is 17.3 Å². The number of nitroso groups, excluding NO2 is 1. The maximum Gasteiger partial charge on any atom is 0.257 e. The topological polar surface area (TPSA) is 87.8 Å².